The van der Waals surface area contributed by atoms with Crippen LogP contribution in [0.5, 0.6) is 0 Å². The first-order chi connectivity index (χ1) is 11.9. The van der Waals surface area contributed by atoms with E-state index in [0.717, 1.165) is 34.9 Å². The zero-order chi connectivity index (χ0) is 17.9. The minimum Gasteiger partial charge on any atom is -0.444 e. The van der Waals surface area contributed by atoms with Crippen molar-refractivity contribution in [2.24, 2.45) is 0 Å². The fourth-order valence-corrected chi connectivity index (χ4v) is 2.95. The normalized spacial score (nSPS) is 15.2. The van der Waals surface area contributed by atoms with Crippen LogP contribution in [0.3, 0.4) is 0 Å². The SMILES string of the molecule is CC(C)(C)OC(=O)NC1CCCC1.[HH].[HH].c1nc2c(cnc3[nH]ccc32)[nH]1. The first-order valence-electron chi connectivity index (χ1n) is 8.67. The molecule has 0 aliphatic heterocycles. The molecule has 0 saturated heterocycles. The third kappa shape index (κ3) is 4.49. The van der Waals surface area contributed by atoms with Crippen molar-refractivity contribution < 1.29 is 12.4 Å². The van der Waals surface area contributed by atoms with Crippen molar-refractivity contribution in [1.82, 2.24) is 25.3 Å². The number of carbonyl (C=O) groups is 1. The van der Waals surface area contributed by atoms with Gasteiger partial charge in [0.2, 0.25) is 0 Å². The number of aromatic nitrogens is 4. The average Bonchev–Trinajstić information content (AvgIpc) is 3.26. The molecule has 0 bridgehead atoms. The number of imidazole rings is 1. The molecule has 0 aromatic carbocycles. The predicted molar refractivity (Wildman–Crippen MR) is 102 cm³/mol. The van der Waals surface area contributed by atoms with Crippen molar-refractivity contribution in [3.05, 3.63) is 24.8 Å². The Kier molecular flexibility index (Phi) is 4.92. The second-order valence-electron chi connectivity index (χ2n) is 7.29. The summed E-state index contributed by atoms with van der Waals surface area (Å²) in [5, 5.41) is 3.94. The number of pyridine rings is 1. The van der Waals surface area contributed by atoms with Gasteiger partial charge in [-0.2, -0.15) is 0 Å². The van der Waals surface area contributed by atoms with Crippen LogP contribution in [0.1, 0.15) is 49.3 Å². The van der Waals surface area contributed by atoms with Gasteiger partial charge in [0.25, 0.3) is 0 Å². The Morgan fingerprint density at radius 3 is 2.76 bits per heavy atom. The standard InChI is InChI=1S/C10H19NO2.C8H6N4.2H2/c1-10(2,3)13-9(12)11-8-6-4-5-7-8;1-2-9-8-5(1)7-6(3-10-8)11-4-12-7;;/h8H,4-7H2,1-3H3,(H,11,12);1-4H,(H,9,10)(H,11,12);2*1H. The lowest BCUT2D eigenvalue weighted by Crippen LogP contribution is -2.37. The van der Waals surface area contributed by atoms with Crippen molar-refractivity contribution in [3.8, 4) is 0 Å². The Balaban J connectivity index is 0.000000251. The summed E-state index contributed by atoms with van der Waals surface area (Å²) in [6.45, 7) is 5.63. The molecule has 7 heteroatoms. The Hall–Kier alpha value is -2.57. The number of aromatic amines is 2. The van der Waals surface area contributed by atoms with Crippen molar-refractivity contribution in [3.63, 3.8) is 0 Å². The molecule has 25 heavy (non-hydrogen) atoms. The Morgan fingerprint density at radius 2 is 2.04 bits per heavy atom. The van der Waals surface area contributed by atoms with E-state index < -0.39 is 0 Å². The maximum absolute atomic E-state index is 11.3. The fourth-order valence-electron chi connectivity index (χ4n) is 2.95. The van der Waals surface area contributed by atoms with Gasteiger partial charge in [0.05, 0.1) is 18.0 Å². The summed E-state index contributed by atoms with van der Waals surface area (Å²) in [5.74, 6) is 0. The maximum Gasteiger partial charge on any atom is 0.407 e. The van der Waals surface area contributed by atoms with Crippen LogP contribution in [-0.2, 0) is 4.74 Å². The van der Waals surface area contributed by atoms with Gasteiger partial charge in [-0.15, -0.1) is 0 Å². The molecule has 3 heterocycles. The third-order valence-electron chi connectivity index (χ3n) is 4.05. The fraction of sp³-hybridized carbons (Fsp3) is 0.500. The zero-order valence-electron chi connectivity index (χ0n) is 14.9. The number of carbonyl (C=O) groups excluding carboxylic acids is 1. The van der Waals surface area contributed by atoms with E-state index in [0.29, 0.717) is 6.04 Å². The first-order valence-corrected chi connectivity index (χ1v) is 8.67. The molecule has 0 atom stereocenters. The quantitative estimate of drug-likeness (QED) is 0.608. The molecule has 3 aromatic rings. The summed E-state index contributed by atoms with van der Waals surface area (Å²) in [6, 6.07) is 2.32. The smallest absolute Gasteiger partial charge is 0.407 e. The lowest BCUT2D eigenvalue weighted by molar-refractivity contribution is 0.0505. The van der Waals surface area contributed by atoms with Gasteiger partial charge < -0.3 is 20.0 Å². The van der Waals surface area contributed by atoms with E-state index in [1.54, 1.807) is 12.5 Å². The van der Waals surface area contributed by atoms with Crippen molar-refractivity contribution in [1.29, 1.82) is 0 Å². The van der Waals surface area contributed by atoms with Gasteiger partial charge in [-0.25, -0.2) is 14.8 Å². The minimum absolute atomic E-state index is 0. The summed E-state index contributed by atoms with van der Waals surface area (Å²) < 4.78 is 5.15. The molecule has 1 amide bonds. The molecule has 4 rings (SSSR count). The number of fused-ring (bicyclic) bond motifs is 3. The van der Waals surface area contributed by atoms with E-state index in [9.17, 15) is 4.79 Å². The summed E-state index contributed by atoms with van der Waals surface area (Å²) in [7, 11) is 0. The van der Waals surface area contributed by atoms with Crippen molar-refractivity contribution in [2.75, 3.05) is 0 Å². The number of nitrogens with zero attached hydrogens (tertiary/aromatic N) is 2. The molecule has 0 spiro atoms. The van der Waals surface area contributed by atoms with Gasteiger partial charge in [-0.05, 0) is 39.7 Å². The monoisotopic (exact) mass is 347 g/mol. The molecule has 138 valence electrons. The molecular weight excluding hydrogens is 318 g/mol. The summed E-state index contributed by atoms with van der Waals surface area (Å²) >= 11 is 0. The number of hydrogen-bond acceptors (Lipinski definition) is 4. The molecule has 1 aliphatic rings. The number of rotatable bonds is 1. The highest BCUT2D eigenvalue weighted by atomic mass is 16.6. The number of alkyl carbamates (subject to hydrolysis) is 1. The average molecular weight is 347 g/mol. The molecule has 3 N–H and O–H groups in total. The number of nitrogens with one attached hydrogen (secondary N) is 3. The Labute approximate surface area is 149 Å². The van der Waals surface area contributed by atoms with Gasteiger partial charge in [0.1, 0.15) is 16.8 Å². The van der Waals surface area contributed by atoms with E-state index in [-0.39, 0.29) is 14.5 Å². The topological polar surface area (TPSA) is 95.7 Å². The van der Waals surface area contributed by atoms with Crippen LogP contribution in [-0.4, -0.2) is 37.7 Å². The molecule has 0 radical (unpaired) electrons. The maximum atomic E-state index is 11.3. The first kappa shape index (κ1) is 17.3. The number of amides is 1. The van der Waals surface area contributed by atoms with Crippen LogP contribution in [0.4, 0.5) is 4.79 Å². The lowest BCUT2D eigenvalue weighted by Gasteiger charge is -2.21. The van der Waals surface area contributed by atoms with Gasteiger partial charge in [-0.1, -0.05) is 12.8 Å². The minimum atomic E-state index is -0.386. The van der Waals surface area contributed by atoms with E-state index in [4.69, 9.17) is 4.74 Å². The van der Waals surface area contributed by atoms with Crippen LogP contribution in [0.25, 0.3) is 22.1 Å². The second-order valence-corrected chi connectivity index (χ2v) is 7.29. The van der Waals surface area contributed by atoms with Gasteiger partial charge in [0.15, 0.2) is 0 Å². The summed E-state index contributed by atoms with van der Waals surface area (Å²) in [4.78, 5) is 25.8. The van der Waals surface area contributed by atoms with E-state index in [1.807, 2.05) is 33.0 Å². The second kappa shape index (κ2) is 7.13. The highest BCUT2D eigenvalue weighted by Gasteiger charge is 2.21. The molecule has 1 aliphatic carbocycles. The highest BCUT2D eigenvalue weighted by molar-refractivity contribution is 6.00. The molecule has 3 aromatic heterocycles. The lowest BCUT2D eigenvalue weighted by atomic mass is 10.2. The summed E-state index contributed by atoms with van der Waals surface area (Å²) in [5.41, 5.74) is 2.45. The van der Waals surface area contributed by atoms with Crippen LogP contribution < -0.4 is 5.32 Å². The van der Waals surface area contributed by atoms with Crippen molar-refractivity contribution in [2.45, 2.75) is 58.1 Å². The molecule has 1 fully saturated rings. The van der Waals surface area contributed by atoms with Gasteiger partial charge in [-0.3, -0.25) is 0 Å². The number of hydrogen-bond donors (Lipinski definition) is 3. The Bertz CT molecular complexity index is 801. The van der Waals surface area contributed by atoms with Crippen LogP contribution >= 0.6 is 0 Å². The molecular formula is C18H29N5O2. The van der Waals surface area contributed by atoms with Crippen LogP contribution in [0.2, 0.25) is 0 Å². The zero-order valence-corrected chi connectivity index (χ0v) is 14.9. The highest BCUT2D eigenvalue weighted by Crippen LogP contribution is 2.19. The number of H-pyrrole nitrogens is 2. The van der Waals surface area contributed by atoms with Crippen LogP contribution in [0, 0.1) is 0 Å². The summed E-state index contributed by atoms with van der Waals surface area (Å²) in [6.07, 6.45) is 9.69. The van der Waals surface area contributed by atoms with E-state index >= 15 is 0 Å². The molecule has 1 saturated carbocycles. The molecule has 0 unspecified atom stereocenters. The Morgan fingerprint density at radius 1 is 1.28 bits per heavy atom. The van der Waals surface area contributed by atoms with Crippen molar-refractivity contribution >= 4 is 28.2 Å². The third-order valence-corrected chi connectivity index (χ3v) is 4.05. The van der Waals surface area contributed by atoms with E-state index in [1.165, 1.54) is 12.8 Å². The van der Waals surface area contributed by atoms with Gasteiger partial charge >= 0.3 is 6.09 Å². The van der Waals surface area contributed by atoms with E-state index in [2.05, 4.69) is 25.3 Å². The van der Waals surface area contributed by atoms with Gasteiger partial charge in [0, 0.05) is 20.5 Å². The van der Waals surface area contributed by atoms with Crippen LogP contribution in [0.15, 0.2) is 24.8 Å². The predicted octanol–water partition coefficient (Wildman–Crippen LogP) is 4.38. The molecule has 7 nitrogen and oxygen atoms in total. The largest absolute Gasteiger partial charge is 0.444 e. The number of ether oxygens (including phenoxy) is 1.